The van der Waals surface area contributed by atoms with Crippen LogP contribution in [-0.4, -0.2) is 26.8 Å². The van der Waals surface area contributed by atoms with Crippen LogP contribution in [0.5, 0.6) is 0 Å². The Morgan fingerprint density at radius 2 is 1.56 bits per heavy atom. The Morgan fingerprint density at radius 3 is 2.08 bits per heavy atom. The van der Waals surface area contributed by atoms with E-state index in [1.165, 1.54) is 16.7 Å². The van der Waals surface area contributed by atoms with E-state index in [1.54, 1.807) is 6.20 Å². The average Bonchev–Trinajstić information content (AvgIpc) is 3.37. The highest BCUT2D eigenvalue weighted by molar-refractivity contribution is 5.71. The highest BCUT2D eigenvalue weighted by Gasteiger charge is 2.32. The molecule has 0 radical (unpaired) electrons. The van der Waals surface area contributed by atoms with Crippen LogP contribution >= 0.6 is 0 Å². The first-order valence-electron chi connectivity index (χ1n) is 14.5. The van der Waals surface area contributed by atoms with E-state index in [0.717, 1.165) is 60.9 Å². The van der Waals surface area contributed by atoms with Gasteiger partial charge in [-0.2, -0.15) is 0 Å². The van der Waals surface area contributed by atoms with Gasteiger partial charge in [-0.05, 0) is 79.0 Å². The molecule has 208 valence electrons. The molecule has 2 aromatic carbocycles. The molecule has 1 aromatic heterocycles. The summed E-state index contributed by atoms with van der Waals surface area (Å²) in [5.74, 6) is -0.851. The van der Waals surface area contributed by atoms with Crippen LogP contribution in [0.4, 0.5) is 0 Å². The van der Waals surface area contributed by atoms with Gasteiger partial charge in [0.05, 0.1) is 17.7 Å². The van der Waals surface area contributed by atoms with Gasteiger partial charge in [0.25, 0.3) is 0 Å². The molecule has 1 aliphatic carbocycles. The molecule has 4 heteroatoms. The van der Waals surface area contributed by atoms with Crippen molar-refractivity contribution < 1.29 is 15.0 Å². The molecule has 0 bridgehead atoms. The molecule has 0 amide bonds. The number of aromatic nitrogens is 1. The zero-order chi connectivity index (χ0) is 28.6. The molecule has 1 fully saturated rings. The van der Waals surface area contributed by atoms with Gasteiger partial charge in [0.2, 0.25) is 0 Å². The Labute approximate surface area is 234 Å². The lowest BCUT2D eigenvalue weighted by Gasteiger charge is -2.34. The maximum absolute atomic E-state index is 11.0. The van der Waals surface area contributed by atoms with Crippen molar-refractivity contribution in [3.63, 3.8) is 0 Å². The number of benzene rings is 2. The van der Waals surface area contributed by atoms with Gasteiger partial charge in [-0.3, -0.25) is 9.78 Å². The summed E-state index contributed by atoms with van der Waals surface area (Å²) >= 11 is 0. The maximum Gasteiger partial charge on any atom is 0.307 e. The number of nitrogens with zero attached hydrogens (tertiary/aromatic N) is 1. The van der Waals surface area contributed by atoms with E-state index in [0.29, 0.717) is 5.56 Å². The van der Waals surface area contributed by atoms with Crippen LogP contribution in [0.25, 0.3) is 17.3 Å². The summed E-state index contributed by atoms with van der Waals surface area (Å²) in [6, 6.07) is 17.2. The standard InChI is InChI=1S/C33H39NO3.C2H6/c1-5-33(6-2,27-11-10-26(23(3)19-27)15-18-32(37)16-7-8-17-32)28-12-13-29(24(4)20-28)30-14-9-25(22-34-30)21-31(35)36;1-2/h9-15,18-20,22,37H,5-8,16-17,21H2,1-4H3,(H,35,36);1-2H3/b18-15+;. The third kappa shape index (κ3) is 6.86. The van der Waals surface area contributed by atoms with Gasteiger partial charge < -0.3 is 10.2 Å². The van der Waals surface area contributed by atoms with Gasteiger partial charge in [-0.1, -0.05) is 95.2 Å². The van der Waals surface area contributed by atoms with E-state index in [1.807, 2.05) is 32.1 Å². The third-order valence-corrected chi connectivity index (χ3v) is 8.31. The minimum Gasteiger partial charge on any atom is -0.481 e. The molecule has 2 N–H and O–H groups in total. The van der Waals surface area contributed by atoms with Crippen molar-refractivity contribution in [2.75, 3.05) is 0 Å². The average molecular weight is 528 g/mol. The van der Waals surface area contributed by atoms with Gasteiger partial charge in [0.1, 0.15) is 0 Å². The fourth-order valence-corrected chi connectivity index (χ4v) is 5.90. The van der Waals surface area contributed by atoms with Gasteiger partial charge in [-0.25, -0.2) is 0 Å². The normalized spacial score (nSPS) is 14.7. The van der Waals surface area contributed by atoms with Gasteiger partial charge >= 0.3 is 5.97 Å². The number of hydrogen-bond acceptors (Lipinski definition) is 3. The lowest BCUT2D eigenvalue weighted by atomic mass is 9.69. The van der Waals surface area contributed by atoms with E-state index in [-0.39, 0.29) is 11.8 Å². The topological polar surface area (TPSA) is 70.4 Å². The predicted octanol–water partition coefficient (Wildman–Crippen LogP) is 8.44. The second-order valence-electron chi connectivity index (χ2n) is 10.7. The number of aryl methyl sites for hydroxylation is 2. The molecule has 3 aromatic rings. The summed E-state index contributed by atoms with van der Waals surface area (Å²) in [6.07, 6.45) is 11.6. The van der Waals surface area contributed by atoms with Crippen LogP contribution in [0.3, 0.4) is 0 Å². The fourth-order valence-electron chi connectivity index (χ4n) is 5.90. The SMILES string of the molecule is CC.CCC(CC)(c1ccc(/C=C/C2(O)CCCC2)c(C)c1)c1ccc(-c2ccc(CC(=O)O)cn2)c(C)c1. The smallest absolute Gasteiger partial charge is 0.307 e. The summed E-state index contributed by atoms with van der Waals surface area (Å²) in [5, 5.41) is 19.7. The van der Waals surface area contributed by atoms with Crippen molar-refractivity contribution >= 4 is 12.0 Å². The van der Waals surface area contributed by atoms with Gasteiger partial charge in [0, 0.05) is 17.2 Å². The zero-order valence-electron chi connectivity index (χ0n) is 24.6. The lowest BCUT2D eigenvalue weighted by molar-refractivity contribution is -0.136. The number of pyridine rings is 1. The summed E-state index contributed by atoms with van der Waals surface area (Å²) in [5.41, 5.74) is 8.02. The zero-order valence-corrected chi connectivity index (χ0v) is 24.6. The third-order valence-electron chi connectivity index (χ3n) is 8.31. The number of carboxylic acids is 1. The predicted molar refractivity (Wildman–Crippen MR) is 162 cm³/mol. The van der Waals surface area contributed by atoms with Crippen molar-refractivity contribution in [3.05, 3.63) is 94.2 Å². The Kier molecular flexibility index (Phi) is 10.3. The molecule has 0 saturated heterocycles. The highest BCUT2D eigenvalue weighted by atomic mass is 16.4. The fraction of sp³-hybridized carbons (Fsp3) is 0.429. The Hall–Kier alpha value is -3.24. The van der Waals surface area contributed by atoms with Crippen LogP contribution in [0.2, 0.25) is 0 Å². The lowest BCUT2D eigenvalue weighted by Crippen LogP contribution is -2.26. The Balaban J connectivity index is 0.00000205. The second kappa shape index (κ2) is 13.2. The first-order valence-corrected chi connectivity index (χ1v) is 14.5. The van der Waals surface area contributed by atoms with Crippen molar-refractivity contribution in [1.29, 1.82) is 0 Å². The monoisotopic (exact) mass is 527 g/mol. The highest BCUT2D eigenvalue weighted by Crippen LogP contribution is 2.41. The van der Waals surface area contributed by atoms with Crippen LogP contribution in [0, 0.1) is 13.8 Å². The van der Waals surface area contributed by atoms with Gasteiger partial charge in [0.15, 0.2) is 0 Å². The van der Waals surface area contributed by atoms with Crippen LogP contribution in [0.15, 0.2) is 60.8 Å². The van der Waals surface area contributed by atoms with Crippen LogP contribution in [0.1, 0.15) is 99.6 Å². The molecule has 0 unspecified atom stereocenters. The number of aliphatic hydroxyl groups is 1. The van der Waals surface area contributed by atoms with E-state index < -0.39 is 11.6 Å². The largest absolute Gasteiger partial charge is 0.481 e. The minimum absolute atomic E-state index is 0.0183. The summed E-state index contributed by atoms with van der Waals surface area (Å²) < 4.78 is 0. The van der Waals surface area contributed by atoms with E-state index in [2.05, 4.69) is 75.2 Å². The molecule has 1 saturated carbocycles. The second-order valence-corrected chi connectivity index (χ2v) is 10.7. The van der Waals surface area contributed by atoms with Crippen molar-refractivity contribution in [1.82, 2.24) is 4.98 Å². The van der Waals surface area contributed by atoms with E-state index in [4.69, 9.17) is 5.11 Å². The van der Waals surface area contributed by atoms with Crippen molar-refractivity contribution in [2.45, 2.75) is 97.5 Å². The van der Waals surface area contributed by atoms with Crippen LogP contribution in [-0.2, 0) is 16.6 Å². The summed E-state index contributed by atoms with van der Waals surface area (Å²) in [6.45, 7) is 12.8. The maximum atomic E-state index is 11.0. The number of rotatable bonds is 9. The Bertz CT molecular complexity index is 1280. The quantitative estimate of drug-likeness (QED) is 0.293. The number of carbonyl (C=O) groups is 1. The van der Waals surface area contributed by atoms with Crippen molar-refractivity contribution in [3.8, 4) is 11.3 Å². The molecule has 4 rings (SSSR count). The Morgan fingerprint density at radius 1 is 0.949 bits per heavy atom. The summed E-state index contributed by atoms with van der Waals surface area (Å²) in [7, 11) is 0. The molecular weight excluding hydrogens is 482 g/mol. The number of aliphatic carboxylic acids is 1. The van der Waals surface area contributed by atoms with E-state index >= 15 is 0 Å². The number of carboxylic acid groups (broad SMARTS) is 1. The molecule has 0 spiro atoms. The molecular formula is C35H45NO3. The molecule has 0 atom stereocenters. The summed E-state index contributed by atoms with van der Waals surface area (Å²) in [4.78, 5) is 15.5. The molecule has 1 aliphatic rings. The first-order chi connectivity index (χ1) is 18.7. The van der Waals surface area contributed by atoms with Gasteiger partial charge in [-0.15, -0.1) is 0 Å². The molecule has 39 heavy (non-hydrogen) atoms. The van der Waals surface area contributed by atoms with Crippen molar-refractivity contribution in [2.24, 2.45) is 0 Å². The molecule has 4 nitrogen and oxygen atoms in total. The first kappa shape index (κ1) is 30.3. The van der Waals surface area contributed by atoms with Crippen LogP contribution < -0.4 is 0 Å². The minimum atomic E-state index is -0.851. The molecule has 0 aliphatic heterocycles. The molecule has 1 heterocycles. The van der Waals surface area contributed by atoms with E-state index in [9.17, 15) is 9.90 Å². The number of hydrogen-bond donors (Lipinski definition) is 2.